The predicted octanol–water partition coefficient (Wildman–Crippen LogP) is 4.94. The van der Waals surface area contributed by atoms with Crippen molar-refractivity contribution in [2.75, 3.05) is 18.0 Å². The number of benzene rings is 2. The topological polar surface area (TPSA) is 23.6 Å². The molecular weight excluding hydrogens is 284 g/mol. The van der Waals surface area contributed by atoms with Crippen LogP contribution in [0.5, 0.6) is 0 Å². The highest BCUT2D eigenvalue weighted by Gasteiger charge is 2.22. The van der Waals surface area contributed by atoms with Crippen LogP contribution in [0, 0.1) is 0 Å². The second kappa shape index (κ2) is 7.14. The summed E-state index contributed by atoms with van der Waals surface area (Å²) in [6.45, 7) is 5.28. The fourth-order valence-corrected chi connectivity index (χ4v) is 2.38. The number of urea groups is 1. The molecule has 0 aliphatic rings. The highest BCUT2D eigenvalue weighted by atomic mass is 35.5. The Balaban J connectivity index is 2.47. The first-order valence-corrected chi connectivity index (χ1v) is 7.44. The van der Waals surface area contributed by atoms with Crippen molar-refractivity contribution < 1.29 is 4.79 Å². The molecule has 2 rings (SSSR count). The lowest BCUT2D eigenvalue weighted by atomic mass is 10.2. The minimum atomic E-state index is -0.0477. The van der Waals surface area contributed by atoms with Gasteiger partial charge in [0.15, 0.2) is 0 Å². The van der Waals surface area contributed by atoms with Gasteiger partial charge in [0.05, 0.1) is 11.4 Å². The molecule has 0 spiro atoms. The Morgan fingerprint density at radius 1 is 0.952 bits per heavy atom. The minimum absolute atomic E-state index is 0.0477. The van der Waals surface area contributed by atoms with E-state index >= 15 is 0 Å². The second-order valence-corrected chi connectivity index (χ2v) is 5.04. The summed E-state index contributed by atoms with van der Waals surface area (Å²) in [5, 5.41) is 0.612. The summed E-state index contributed by atoms with van der Waals surface area (Å²) in [7, 11) is 0. The Bertz CT molecular complexity index is 597. The molecule has 0 aliphatic heterocycles. The van der Waals surface area contributed by atoms with Crippen molar-refractivity contribution in [2.24, 2.45) is 0 Å². The fourth-order valence-electron chi connectivity index (χ4n) is 2.20. The molecule has 0 radical (unpaired) electrons. The molecular formula is C17H19ClN2O. The number of halogens is 1. The van der Waals surface area contributed by atoms with Crippen LogP contribution in [0.15, 0.2) is 54.6 Å². The molecule has 0 N–H and O–H groups in total. The summed E-state index contributed by atoms with van der Waals surface area (Å²) in [6, 6.07) is 16.9. The van der Waals surface area contributed by atoms with Crippen LogP contribution in [0.25, 0.3) is 0 Å². The normalized spacial score (nSPS) is 10.2. The van der Waals surface area contributed by atoms with Crippen molar-refractivity contribution in [3.63, 3.8) is 0 Å². The molecule has 0 aliphatic carbocycles. The van der Waals surface area contributed by atoms with Crippen LogP contribution in [-0.2, 0) is 0 Å². The number of amides is 2. The molecule has 3 nitrogen and oxygen atoms in total. The van der Waals surface area contributed by atoms with Crippen LogP contribution in [0.1, 0.15) is 13.8 Å². The van der Waals surface area contributed by atoms with Gasteiger partial charge in [-0.25, -0.2) is 4.79 Å². The van der Waals surface area contributed by atoms with Crippen molar-refractivity contribution in [3.05, 3.63) is 59.6 Å². The summed E-state index contributed by atoms with van der Waals surface area (Å²) in [5.41, 5.74) is 1.60. The number of carbonyl (C=O) groups excluding carboxylic acids is 1. The molecule has 0 heterocycles. The third-order valence-electron chi connectivity index (χ3n) is 3.31. The molecule has 4 heteroatoms. The molecule has 2 amide bonds. The lowest BCUT2D eigenvalue weighted by Gasteiger charge is -2.29. The van der Waals surface area contributed by atoms with E-state index in [9.17, 15) is 4.79 Å². The summed E-state index contributed by atoms with van der Waals surface area (Å²) in [6.07, 6.45) is 0. The van der Waals surface area contributed by atoms with E-state index in [1.807, 2.05) is 56.3 Å². The van der Waals surface area contributed by atoms with Crippen LogP contribution >= 0.6 is 11.6 Å². The molecule has 0 saturated heterocycles. The monoisotopic (exact) mass is 302 g/mol. The smallest absolute Gasteiger partial charge is 0.325 e. The molecule has 0 bridgehead atoms. The van der Waals surface area contributed by atoms with Gasteiger partial charge in [-0.2, -0.15) is 0 Å². The maximum absolute atomic E-state index is 12.8. The SMILES string of the molecule is CCN(CC)C(=O)N(c1ccccc1)c1cccc(Cl)c1. The van der Waals surface area contributed by atoms with Gasteiger partial charge in [-0.1, -0.05) is 35.9 Å². The summed E-state index contributed by atoms with van der Waals surface area (Å²) in [5.74, 6) is 0. The first kappa shape index (κ1) is 15.4. The Labute approximate surface area is 130 Å². The van der Waals surface area contributed by atoms with Gasteiger partial charge in [-0.15, -0.1) is 0 Å². The second-order valence-electron chi connectivity index (χ2n) is 4.61. The Kier molecular flexibility index (Phi) is 5.23. The number of hydrogen-bond donors (Lipinski definition) is 0. The molecule has 0 aromatic heterocycles. The average Bonchev–Trinajstić information content (AvgIpc) is 2.50. The number of hydrogen-bond acceptors (Lipinski definition) is 1. The zero-order chi connectivity index (χ0) is 15.2. The van der Waals surface area contributed by atoms with Crippen molar-refractivity contribution in [1.29, 1.82) is 0 Å². The number of anilines is 2. The summed E-state index contributed by atoms with van der Waals surface area (Å²) in [4.78, 5) is 16.3. The van der Waals surface area contributed by atoms with Gasteiger partial charge in [0.1, 0.15) is 0 Å². The van der Waals surface area contributed by atoms with Gasteiger partial charge in [0.2, 0.25) is 0 Å². The van der Waals surface area contributed by atoms with E-state index in [4.69, 9.17) is 11.6 Å². The lowest BCUT2D eigenvalue weighted by molar-refractivity contribution is 0.212. The Morgan fingerprint density at radius 3 is 2.14 bits per heavy atom. The van der Waals surface area contributed by atoms with Gasteiger partial charge in [-0.3, -0.25) is 4.90 Å². The van der Waals surface area contributed by atoms with Gasteiger partial charge in [-0.05, 0) is 44.2 Å². The third-order valence-corrected chi connectivity index (χ3v) is 3.54. The van der Waals surface area contributed by atoms with Gasteiger partial charge in [0, 0.05) is 18.1 Å². The number of nitrogens with zero attached hydrogens (tertiary/aromatic N) is 2. The zero-order valence-corrected chi connectivity index (χ0v) is 13.0. The number of para-hydroxylation sites is 1. The fraction of sp³-hybridized carbons (Fsp3) is 0.235. The third kappa shape index (κ3) is 3.56. The van der Waals surface area contributed by atoms with Gasteiger partial charge < -0.3 is 4.90 Å². The van der Waals surface area contributed by atoms with E-state index in [1.165, 1.54) is 0 Å². The van der Waals surface area contributed by atoms with Gasteiger partial charge in [0.25, 0.3) is 0 Å². The summed E-state index contributed by atoms with van der Waals surface area (Å²) < 4.78 is 0. The summed E-state index contributed by atoms with van der Waals surface area (Å²) >= 11 is 6.08. The molecule has 0 unspecified atom stereocenters. The van der Waals surface area contributed by atoms with E-state index in [0.29, 0.717) is 18.1 Å². The van der Waals surface area contributed by atoms with E-state index in [1.54, 1.807) is 21.9 Å². The molecule has 0 fully saturated rings. The van der Waals surface area contributed by atoms with Crippen LogP contribution in [-0.4, -0.2) is 24.0 Å². The molecule has 0 saturated carbocycles. The van der Waals surface area contributed by atoms with Crippen molar-refractivity contribution in [1.82, 2.24) is 4.90 Å². The first-order valence-electron chi connectivity index (χ1n) is 7.07. The van der Waals surface area contributed by atoms with Crippen LogP contribution in [0.3, 0.4) is 0 Å². The Morgan fingerprint density at radius 2 is 1.57 bits per heavy atom. The minimum Gasteiger partial charge on any atom is -0.325 e. The highest BCUT2D eigenvalue weighted by Crippen LogP contribution is 2.28. The van der Waals surface area contributed by atoms with Crippen molar-refractivity contribution >= 4 is 29.0 Å². The van der Waals surface area contributed by atoms with Crippen molar-refractivity contribution in [3.8, 4) is 0 Å². The van der Waals surface area contributed by atoms with Crippen LogP contribution in [0.4, 0.5) is 16.2 Å². The van der Waals surface area contributed by atoms with E-state index in [0.717, 1.165) is 11.4 Å². The highest BCUT2D eigenvalue weighted by molar-refractivity contribution is 6.31. The maximum atomic E-state index is 12.8. The standard InChI is InChI=1S/C17H19ClN2O/c1-3-19(4-2)17(21)20(15-10-6-5-7-11-15)16-12-8-9-14(18)13-16/h5-13H,3-4H2,1-2H3. The van der Waals surface area contributed by atoms with E-state index < -0.39 is 0 Å². The average molecular weight is 303 g/mol. The number of rotatable bonds is 4. The van der Waals surface area contributed by atoms with Crippen LogP contribution < -0.4 is 4.90 Å². The molecule has 21 heavy (non-hydrogen) atoms. The zero-order valence-electron chi connectivity index (χ0n) is 12.3. The van der Waals surface area contributed by atoms with Crippen molar-refractivity contribution in [2.45, 2.75) is 13.8 Å². The predicted molar refractivity (Wildman–Crippen MR) is 88.4 cm³/mol. The largest absolute Gasteiger partial charge is 0.329 e. The number of carbonyl (C=O) groups is 1. The molecule has 2 aromatic rings. The van der Waals surface area contributed by atoms with E-state index in [2.05, 4.69) is 0 Å². The molecule has 2 aromatic carbocycles. The molecule has 0 atom stereocenters. The van der Waals surface area contributed by atoms with E-state index in [-0.39, 0.29) is 6.03 Å². The maximum Gasteiger partial charge on any atom is 0.329 e. The van der Waals surface area contributed by atoms with Gasteiger partial charge >= 0.3 is 6.03 Å². The lowest BCUT2D eigenvalue weighted by Crippen LogP contribution is -2.40. The quantitative estimate of drug-likeness (QED) is 0.784. The molecule has 110 valence electrons. The first-order chi connectivity index (χ1) is 10.2. The Hall–Kier alpha value is -2.00. The van der Waals surface area contributed by atoms with Crippen LogP contribution in [0.2, 0.25) is 5.02 Å².